The van der Waals surface area contributed by atoms with Gasteiger partial charge in [-0.2, -0.15) is 11.3 Å². The topological polar surface area (TPSA) is 113 Å². The summed E-state index contributed by atoms with van der Waals surface area (Å²) in [6, 6.07) is 3.48. The predicted molar refractivity (Wildman–Crippen MR) is 90.0 cm³/mol. The molecule has 0 aliphatic rings. The lowest BCUT2D eigenvalue weighted by molar-refractivity contribution is -0.121. The number of thiophene rings is 1. The number of amides is 2. The van der Waals surface area contributed by atoms with E-state index in [9.17, 15) is 9.59 Å². The minimum atomic E-state index is -0.438. The Morgan fingerprint density at radius 2 is 2.21 bits per heavy atom. The monoisotopic (exact) mass is 409 g/mol. The Labute approximate surface area is 148 Å². The lowest BCUT2D eigenvalue weighted by Gasteiger charge is -2.05. The first-order valence-electron chi connectivity index (χ1n) is 6.90. The van der Waals surface area contributed by atoms with Crippen LogP contribution in [0, 0.1) is 0 Å². The van der Waals surface area contributed by atoms with Crippen molar-refractivity contribution < 1.29 is 14.0 Å². The Hall–Kier alpha value is -2.46. The van der Waals surface area contributed by atoms with Gasteiger partial charge in [0.15, 0.2) is 0 Å². The molecule has 0 bridgehead atoms. The maximum absolute atomic E-state index is 11.8. The summed E-state index contributed by atoms with van der Waals surface area (Å²) in [5.74, 6) is -0.000836. The fourth-order valence-electron chi connectivity index (χ4n) is 1.83. The van der Waals surface area contributed by atoms with Crippen LogP contribution in [0.5, 0.6) is 0 Å². The van der Waals surface area contributed by atoms with Gasteiger partial charge in [0.2, 0.25) is 17.7 Å². The van der Waals surface area contributed by atoms with Gasteiger partial charge in [-0.1, -0.05) is 0 Å². The minimum absolute atomic E-state index is 0.111. The summed E-state index contributed by atoms with van der Waals surface area (Å²) in [5, 5.41) is 11.6. The smallest absolute Gasteiger partial charge is 0.286 e. The number of halogens is 1. The zero-order valence-corrected chi connectivity index (χ0v) is 14.6. The molecule has 0 spiro atoms. The molecule has 124 valence electrons. The average Bonchev–Trinajstić information content (AvgIpc) is 3.30. The third-order valence-electron chi connectivity index (χ3n) is 3.01. The molecule has 3 rings (SSSR count). The highest BCUT2D eigenvalue weighted by atomic mass is 79.9. The van der Waals surface area contributed by atoms with Crippen LogP contribution in [0.4, 0.5) is 0 Å². The van der Waals surface area contributed by atoms with Crippen molar-refractivity contribution in [3.8, 4) is 11.5 Å². The van der Waals surface area contributed by atoms with E-state index in [2.05, 4.69) is 42.0 Å². The van der Waals surface area contributed by atoms with Crippen molar-refractivity contribution in [3.63, 3.8) is 0 Å². The molecule has 0 saturated heterocycles. The molecule has 0 aromatic carbocycles. The molecule has 0 atom stereocenters. The quantitative estimate of drug-likeness (QED) is 0.559. The molecule has 0 aliphatic carbocycles. The third kappa shape index (κ3) is 4.09. The fraction of sp³-hybridized carbons (Fsp3) is 0.143. The van der Waals surface area contributed by atoms with E-state index in [1.807, 2.05) is 16.8 Å². The number of carbonyl (C=O) groups excluding carboxylic acids is 2. The Kier molecular flexibility index (Phi) is 5.06. The van der Waals surface area contributed by atoms with E-state index in [0.717, 1.165) is 10.0 Å². The number of hydrazine groups is 1. The summed E-state index contributed by atoms with van der Waals surface area (Å²) in [6.07, 6.45) is 2.02. The van der Waals surface area contributed by atoms with Gasteiger partial charge in [-0.25, -0.2) is 0 Å². The van der Waals surface area contributed by atoms with E-state index >= 15 is 0 Å². The molecule has 0 radical (unpaired) electrons. The van der Waals surface area contributed by atoms with Crippen LogP contribution in [0.25, 0.3) is 11.5 Å². The highest BCUT2D eigenvalue weighted by molar-refractivity contribution is 9.10. The predicted octanol–water partition coefficient (Wildman–Crippen LogP) is 2.28. The van der Waals surface area contributed by atoms with Gasteiger partial charge in [0.25, 0.3) is 5.91 Å². The van der Waals surface area contributed by atoms with Gasteiger partial charge in [-0.05, 0) is 33.4 Å². The third-order valence-corrected chi connectivity index (χ3v) is 4.15. The summed E-state index contributed by atoms with van der Waals surface area (Å²) in [5.41, 5.74) is 5.84. The highest BCUT2D eigenvalue weighted by Gasteiger charge is 2.12. The van der Waals surface area contributed by atoms with Crippen molar-refractivity contribution in [2.45, 2.75) is 12.8 Å². The molecule has 3 heterocycles. The average molecular weight is 410 g/mol. The van der Waals surface area contributed by atoms with E-state index in [0.29, 0.717) is 17.5 Å². The van der Waals surface area contributed by atoms with Crippen LogP contribution in [-0.4, -0.2) is 27.0 Å². The molecular weight excluding hydrogens is 398 g/mol. The SMILES string of the molecule is O=C(CCc1nnc(-c2ccsc2)o1)NNC(=O)c1cc(Br)c[nH]1. The first-order chi connectivity index (χ1) is 11.6. The first-order valence-corrected chi connectivity index (χ1v) is 8.63. The Morgan fingerprint density at radius 3 is 2.92 bits per heavy atom. The molecular formula is C14H12BrN5O3S. The van der Waals surface area contributed by atoms with E-state index in [4.69, 9.17) is 4.42 Å². The van der Waals surface area contributed by atoms with Crippen molar-refractivity contribution in [1.29, 1.82) is 0 Å². The second kappa shape index (κ2) is 7.41. The lowest BCUT2D eigenvalue weighted by atomic mass is 10.3. The lowest BCUT2D eigenvalue weighted by Crippen LogP contribution is -2.41. The molecule has 0 fully saturated rings. The molecule has 3 N–H and O–H groups in total. The van der Waals surface area contributed by atoms with Gasteiger partial charge < -0.3 is 9.40 Å². The summed E-state index contributed by atoms with van der Waals surface area (Å²) in [7, 11) is 0. The van der Waals surface area contributed by atoms with Gasteiger partial charge in [-0.15, -0.1) is 10.2 Å². The Bertz CT molecular complexity index is 842. The molecule has 24 heavy (non-hydrogen) atoms. The number of hydrogen-bond donors (Lipinski definition) is 3. The largest absolute Gasteiger partial charge is 0.421 e. The number of H-pyrrole nitrogens is 1. The maximum atomic E-state index is 11.8. The Morgan fingerprint density at radius 1 is 1.33 bits per heavy atom. The van der Waals surface area contributed by atoms with Crippen molar-refractivity contribution in [1.82, 2.24) is 26.0 Å². The summed E-state index contributed by atoms with van der Waals surface area (Å²) < 4.78 is 6.23. The fourth-order valence-corrected chi connectivity index (χ4v) is 2.81. The number of hydrogen-bond acceptors (Lipinski definition) is 6. The number of nitrogens with one attached hydrogen (secondary N) is 3. The summed E-state index contributed by atoms with van der Waals surface area (Å²) in [6.45, 7) is 0. The van der Waals surface area contributed by atoms with Crippen LogP contribution in [0.3, 0.4) is 0 Å². The van der Waals surface area contributed by atoms with Gasteiger partial charge in [0.05, 0.1) is 0 Å². The second-order valence-corrected chi connectivity index (χ2v) is 6.44. The molecule has 8 nitrogen and oxygen atoms in total. The van der Waals surface area contributed by atoms with Crippen molar-refractivity contribution in [2.24, 2.45) is 0 Å². The van der Waals surface area contributed by atoms with E-state index in [1.54, 1.807) is 12.3 Å². The number of carbonyl (C=O) groups is 2. The number of nitrogens with zero attached hydrogens (tertiary/aromatic N) is 2. The number of aryl methyl sites for hydroxylation is 1. The van der Waals surface area contributed by atoms with Crippen LogP contribution in [-0.2, 0) is 11.2 Å². The molecule has 3 aromatic rings. The summed E-state index contributed by atoms with van der Waals surface area (Å²) >= 11 is 4.76. The van der Waals surface area contributed by atoms with Crippen LogP contribution < -0.4 is 10.9 Å². The molecule has 10 heteroatoms. The van der Waals surface area contributed by atoms with Crippen LogP contribution >= 0.6 is 27.3 Å². The Balaban J connectivity index is 1.45. The van der Waals surface area contributed by atoms with E-state index in [1.165, 1.54) is 11.3 Å². The molecule has 0 aliphatic heterocycles. The van der Waals surface area contributed by atoms with Gasteiger partial charge in [0, 0.05) is 34.5 Å². The zero-order chi connectivity index (χ0) is 16.9. The molecule has 3 aromatic heterocycles. The number of aromatic amines is 1. The molecule has 0 saturated carbocycles. The van der Waals surface area contributed by atoms with Crippen molar-refractivity contribution >= 4 is 39.1 Å². The van der Waals surface area contributed by atoms with Crippen LogP contribution in [0.2, 0.25) is 0 Å². The minimum Gasteiger partial charge on any atom is -0.421 e. The number of rotatable bonds is 5. The second-order valence-electron chi connectivity index (χ2n) is 4.75. The summed E-state index contributed by atoms with van der Waals surface area (Å²) in [4.78, 5) is 26.3. The van der Waals surface area contributed by atoms with Crippen molar-refractivity contribution in [2.75, 3.05) is 0 Å². The van der Waals surface area contributed by atoms with E-state index in [-0.39, 0.29) is 18.7 Å². The normalized spacial score (nSPS) is 10.5. The van der Waals surface area contributed by atoms with Crippen LogP contribution in [0.1, 0.15) is 22.8 Å². The standard InChI is InChI=1S/C14H12BrN5O3S/c15-9-5-10(16-6-9)13(22)19-17-11(21)1-2-12-18-20-14(23-12)8-3-4-24-7-8/h3-7,16H,1-2H2,(H,17,21)(H,19,22). The van der Waals surface area contributed by atoms with E-state index < -0.39 is 5.91 Å². The zero-order valence-electron chi connectivity index (χ0n) is 12.2. The molecule has 2 amide bonds. The maximum Gasteiger partial charge on any atom is 0.286 e. The van der Waals surface area contributed by atoms with Gasteiger partial charge in [-0.3, -0.25) is 20.4 Å². The van der Waals surface area contributed by atoms with Gasteiger partial charge >= 0.3 is 0 Å². The van der Waals surface area contributed by atoms with Crippen molar-refractivity contribution in [3.05, 3.63) is 45.1 Å². The molecule has 0 unspecified atom stereocenters. The highest BCUT2D eigenvalue weighted by Crippen LogP contribution is 2.20. The van der Waals surface area contributed by atoms with Gasteiger partial charge in [0.1, 0.15) is 5.69 Å². The first kappa shape index (κ1) is 16.4. The van der Waals surface area contributed by atoms with Crippen LogP contribution in [0.15, 0.2) is 38.0 Å². The number of aromatic nitrogens is 3.